The largest absolute Gasteiger partial charge is 0.444 e. The average molecular weight is 389 g/mol. The van der Waals surface area contributed by atoms with Gasteiger partial charge in [-0.15, -0.1) is 0 Å². The van der Waals surface area contributed by atoms with Crippen LogP contribution < -0.4 is 5.32 Å². The SMILES string of the molecule is CC(C)(C)OC(=O)N1CCC(N[C@@H]2CCCC[C@H]2OCc2ccccc2)CC1. The number of likely N-dealkylation sites (tertiary alicyclic amines) is 1. The summed E-state index contributed by atoms with van der Waals surface area (Å²) in [6, 6.07) is 11.3. The molecule has 1 aromatic carbocycles. The second kappa shape index (κ2) is 9.75. The van der Waals surface area contributed by atoms with Crippen molar-refractivity contribution in [1.29, 1.82) is 0 Å². The van der Waals surface area contributed by atoms with Crippen LogP contribution in [-0.2, 0) is 16.1 Å². The summed E-state index contributed by atoms with van der Waals surface area (Å²) in [6.07, 6.45) is 6.84. The Bertz CT molecular complexity index is 606. The van der Waals surface area contributed by atoms with Crippen LogP contribution >= 0.6 is 0 Å². The molecule has 1 amide bonds. The van der Waals surface area contributed by atoms with E-state index in [4.69, 9.17) is 9.47 Å². The van der Waals surface area contributed by atoms with E-state index in [-0.39, 0.29) is 12.2 Å². The molecule has 2 aliphatic rings. The van der Waals surface area contributed by atoms with Gasteiger partial charge in [0.15, 0.2) is 0 Å². The first kappa shape index (κ1) is 21.1. The third-order valence-electron chi connectivity index (χ3n) is 5.61. The molecule has 1 N–H and O–H groups in total. The van der Waals surface area contributed by atoms with E-state index in [1.807, 2.05) is 31.7 Å². The van der Waals surface area contributed by atoms with Gasteiger partial charge in [0.25, 0.3) is 0 Å². The summed E-state index contributed by atoms with van der Waals surface area (Å²) in [5.74, 6) is 0. The molecule has 28 heavy (non-hydrogen) atoms. The molecule has 1 heterocycles. The lowest BCUT2D eigenvalue weighted by atomic mass is 9.90. The zero-order valence-corrected chi connectivity index (χ0v) is 17.7. The summed E-state index contributed by atoms with van der Waals surface area (Å²) >= 11 is 0. The molecule has 0 radical (unpaired) electrons. The molecule has 2 fully saturated rings. The lowest BCUT2D eigenvalue weighted by Crippen LogP contribution is -2.52. The summed E-state index contributed by atoms with van der Waals surface area (Å²) in [5.41, 5.74) is 0.801. The van der Waals surface area contributed by atoms with Crippen LogP contribution in [0, 0.1) is 0 Å². The normalized spacial score (nSPS) is 24.2. The molecule has 0 aromatic heterocycles. The van der Waals surface area contributed by atoms with Crippen molar-refractivity contribution in [2.75, 3.05) is 13.1 Å². The van der Waals surface area contributed by atoms with Gasteiger partial charge in [-0.05, 0) is 52.0 Å². The maximum absolute atomic E-state index is 12.2. The van der Waals surface area contributed by atoms with Gasteiger partial charge in [-0.25, -0.2) is 4.79 Å². The van der Waals surface area contributed by atoms with E-state index in [2.05, 4.69) is 29.6 Å². The van der Waals surface area contributed by atoms with Crippen LogP contribution in [0.25, 0.3) is 0 Å². The van der Waals surface area contributed by atoms with Crippen LogP contribution in [0.15, 0.2) is 30.3 Å². The number of piperidine rings is 1. The number of rotatable bonds is 5. The second-order valence-corrected chi connectivity index (χ2v) is 9.13. The highest BCUT2D eigenvalue weighted by Gasteiger charge is 2.31. The number of hydrogen-bond donors (Lipinski definition) is 1. The van der Waals surface area contributed by atoms with E-state index in [1.54, 1.807) is 0 Å². The first-order valence-corrected chi connectivity index (χ1v) is 10.8. The quantitative estimate of drug-likeness (QED) is 0.807. The predicted octanol–water partition coefficient (Wildman–Crippen LogP) is 4.50. The molecular formula is C23H36N2O3. The number of carbonyl (C=O) groups excluding carboxylic acids is 1. The van der Waals surface area contributed by atoms with Crippen LogP contribution in [-0.4, -0.2) is 47.9 Å². The standard InChI is InChI=1S/C23H36N2O3/c1-23(2,3)28-22(26)25-15-13-19(14-16-25)24-20-11-7-8-12-21(20)27-17-18-9-5-4-6-10-18/h4-6,9-10,19-21,24H,7-8,11-17H2,1-3H3/t20-,21-/m1/s1. The Labute approximate surface area is 169 Å². The van der Waals surface area contributed by atoms with Crippen molar-refractivity contribution in [3.8, 4) is 0 Å². The van der Waals surface area contributed by atoms with Crippen LogP contribution in [0.1, 0.15) is 64.9 Å². The molecule has 2 atom stereocenters. The maximum Gasteiger partial charge on any atom is 0.410 e. The highest BCUT2D eigenvalue weighted by atomic mass is 16.6. The fourth-order valence-electron chi connectivity index (χ4n) is 4.12. The molecule has 0 unspecified atom stereocenters. The second-order valence-electron chi connectivity index (χ2n) is 9.13. The summed E-state index contributed by atoms with van der Waals surface area (Å²) in [6.45, 7) is 7.94. The fourth-order valence-corrected chi connectivity index (χ4v) is 4.12. The molecule has 0 spiro atoms. The zero-order valence-electron chi connectivity index (χ0n) is 17.7. The van der Waals surface area contributed by atoms with Gasteiger partial charge in [0, 0.05) is 25.2 Å². The number of benzene rings is 1. The summed E-state index contributed by atoms with van der Waals surface area (Å²) in [5, 5.41) is 3.85. The Morgan fingerprint density at radius 3 is 2.43 bits per heavy atom. The van der Waals surface area contributed by atoms with Crippen LogP contribution in [0.2, 0.25) is 0 Å². The van der Waals surface area contributed by atoms with Crippen LogP contribution in [0.5, 0.6) is 0 Å². The molecular weight excluding hydrogens is 352 g/mol. The van der Waals surface area contributed by atoms with E-state index in [0.717, 1.165) is 32.4 Å². The van der Waals surface area contributed by atoms with Gasteiger partial charge in [-0.3, -0.25) is 0 Å². The summed E-state index contributed by atoms with van der Waals surface area (Å²) < 4.78 is 11.8. The Morgan fingerprint density at radius 2 is 1.75 bits per heavy atom. The Morgan fingerprint density at radius 1 is 1.07 bits per heavy atom. The van der Waals surface area contributed by atoms with E-state index < -0.39 is 5.60 Å². The monoisotopic (exact) mass is 388 g/mol. The van der Waals surface area contributed by atoms with Crippen molar-refractivity contribution in [1.82, 2.24) is 10.2 Å². The number of amides is 1. The first-order valence-electron chi connectivity index (χ1n) is 10.8. The van der Waals surface area contributed by atoms with Gasteiger partial charge in [-0.2, -0.15) is 0 Å². The lowest BCUT2D eigenvalue weighted by Gasteiger charge is -2.38. The van der Waals surface area contributed by atoms with Gasteiger partial charge in [-0.1, -0.05) is 43.2 Å². The topological polar surface area (TPSA) is 50.8 Å². The van der Waals surface area contributed by atoms with Crippen molar-refractivity contribution in [2.24, 2.45) is 0 Å². The van der Waals surface area contributed by atoms with Gasteiger partial charge in [0.2, 0.25) is 0 Å². The highest BCUT2D eigenvalue weighted by molar-refractivity contribution is 5.68. The third kappa shape index (κ3) is 6.49. The predicted molar refractivity (Wildman–Crippen MR) is 111 cm³/mol. The van der Waals surface area contributed by atoms with E-state index in [0.29, 0.717) is 18.7 Å². The molecule has 1 saturated carbocycles. The van der Waals surface area contributed by atoms with Gasteiger partial charge < -0.3 is 19.7 Å². The number of carbonyl (C=O) groups is 1. The highest BCUT2D eigenvalue weighted by Crippen LogP contribution is 2.24. The summed E-state index contributed by atoms with van der Waals surface area (Å²) in [4.78, 5) is 14.1. The minimum atomic E-state index is -0.433. The molecule has 156 valence electrons. The zero-order chi connectivity index (χ0) is 20.0. The third-order valence-corrected chi connectivity index (χ3v) is 5.61. The van der Waals surface area contributed by atoms with Gasteiger partial charge in [0.05, 0.1) is 12.7 Å². The minimum absolute atomic E-state index is 0.187. The lowest BCUT2D eigenvalue weighted by molar-refractivity contribution is -0.0120. The number of nitrogens with zero attached hydrogens (tertiary/aromatic N) is 1. The fraction of sp³-hybridized carbons (Fsp3) is 0.696. The molecule has 0 bridgehead atoms. The Balaban J connectivity index is 1.45. The average Bonchev–Trinajstić information content (AvgIpc) is 2.67. The van der Waals surface area contributed by atoms with Crippen molar-refractivity contribution in [3.05, 3.63) is 35.9 Å². The van der Waals surface area contributed by atoms with Crippen molar-refractivity contribution < 1.29 is 14.3 Å². The molecule has 5 nitrogen and oxygen atoms in total. The smallest absolute Gasteiger partial charge is 0.410 e. The van der Waals surface area contributed by atoms with E-state index in [9.17, 15) is 4.79 Å². The van der Waals surface area contributed by atoms with Gasteiger partial charge >= 0.3 is 6.09 Å². The Hall–Kier alpha value is -1.59. The van der Waals surface area contributed by atoms with Crippen molar-refractivity contribution >= 4 is 6.09 Å². The van der Waals surface area contributed by atoms with Crippen molar-refractivity contribution in [2.45, 2.75) is 89.7 Å². The molecule has 1 aliphatic heterocycles. The molecule has 1 aliphatic carbocycles. The maximum atomic E-state index is 12.2. The van der Waals surface area contributed by atoms with E-state index >= 15 is 0 Å². The van der Waals surface area contributed by atoms with E-state index in [1.165, 1.54) is 24.8 Å². The number of hydrogen-bond acceptors (Lipinski definition) is 4. The number of nitrogens with one attached hydrogen (secondary N) is 1. The number of ether oxygens (including phenoxy) is 2. The molecule has 3 rings (SSSR count). The van der Waals surface area contributed by atoms with Crippen LogP contribution in [0.3, 0.4) is 0 Å². The summed E-state index contributed by atoms with van der Waals surface area (Å²) in [7, 11) is 0. The minimum Gasteiger partial charge on any atom is -0.444 e. The first-order chi connectivity index (χ1) is 13.4. The Kier molecular flexibility index (Phi) is 7.36. The molecule has 1 saturated heterocycles. The van der Waals surface area contributed by atoms with Gasteiger partial charge in [0.1, 0.15) is 5.60 Å². The molecule has 1 aromatic rings. The van der Waals surface area contributed by atoms with Crippen molar-refractivity contribution in [3.63, 3.8) is 0 Å². The van der Waals surface area contributed by atoms with Crippen LogP contribution in [0.4, 0.5) is 4.79 Å². The molecule has 5 heteroatoms.